The topological polar surface area (TPSA) is 58.9 Å². The van der Waals surface area contributed by atoms with E-state index >= 15 is 0 Å². The second-order valence-electron chi connectivity index (χ2n) is 8.51. The first-order valence-electron chi connectivity index (χ1n) is 11.0. The van der Waals surface area contributed by atoms with Crippen molar-refractivity contribution in [2.45, 2.75) is 83.8 Å². The Hall–Kier alpha value is -1.00. The molecule has 4 nitrogen and oxygen atoms in total. The van der Waals surface area contributed by atoms with Crippen molar-refractivity contribution in [2.75, 3.05) is 24.7 Å². The zero-order valence-electron chi connectivity index (χ0n) is 21.2. The molecule has 0 heterocycles. The average molecular weight is 778 g/mol. The van der Waals surface area contributed by atoms with Crippen molar-refractivity contribution in [3.8, 4) is 0 Å². The SMILES string of the molecule is OCC(SCCC(F)(F)C(F)(F)OC(F)(C(F)(F)F)C(F)(F)F)C(CO)SCCC(F)(F)C(F)(F)OC(F)(C(F)(F)F)C(F)(F)F. The molecule has 0 aliphatic rings. The molecule has 0 spiro atoms. The van der Waals surface area contributed by atoms with Gasteiger partial charge in [0.15, 0.2) is 0 Å². The van der Waals surface area contributed by atoms with Crippen LogP contribution in [0.15, 0.2) is 0 Å². The molecule has 28 heteroatoms. The maximum absolute atomic E-state index is 13.8. The van der Waals surface area contributed by atoms with E-state index in [1.54, 1.807) is 0 Å². The minimum absolute atomic E-state index is 0.195. The summed E-state index contributed by atoms with van der Waals surface area (Å²) in [6.07, 6.45) is -48.0. The van der Waals surface area contributed by atoms with E-state index < -0.39 is 109 Å². The van der Waals surface area contributed by atoms with Crippen molar-refractivity contribution in [1.29, 1.82) is 0 Å². The third-order valence-electron chi connectivity index (χ3n) is 5.12. The summed E-state index contributed by atoms with van der Waals surface area (Å²) in [5, 5.41) is 14.9. The van der Waals surface area contributed by atoms with Gasteiger partial charge in [-0.1, -0.05) is 0 Å². The fourth-order valence-electron chi connectivity index (χ4n) is 2.58. The van der Waals surface area contributed by atoms with Gasteiger partial charge < -0.3 is 10.2 Å². The van der Waals surface area contributed by atoms with Crippen LogP contribution in [0, 0.1) is 0 Å². The zero-order valence-corrected chi connectivity index (χ0v) is 22.9. The van der Waals surface area contributed by atoms with Gasteiger partial charge in [-0.3, -0.25) is 9.47 Å². The van der Waals surface area contributed by atoms with Crippen molar-refractivity contribution >= 4 is 23.5 Å². The van der Waals surface area contributed by atoms with Crippen LogP contribution in [0.1, 0.15) is 12.8 Å². The normalized spacial score (nSPS) is 17.0. The lowest BCUT2D eigenvalue weighted by Gasteiger charge is -2.35. The highest BCUT2D eigenvalue weighted by molar-refractivity contribution is 8.03. The highest BCUT2D eigenvalue weighted by Gasteiger charge is 2.80. The maximum atomic E-state index is 13.8. The molecule has 2 unspecified atom stereocenters. The van der Waals surface area contributed by atoms with Gasteiger partial charge in [0.25, 0.3) is 0 Å². The standard InChI is InChI=1S/C18H16F22O4S2/c19-9(20,17(37,38)43-11(23,13(25,26)27)14(28,29)30)1-3-45-7(5-41)8(6-42)46-4-2-10(21,22)18(39,40)44-12(24,15(31,32)33)16(34,35)36/h7-8,41-42H,1-6H2. The predicted octanol–water partition coefficient (Wildman–Crippen LogP) is 8.03. The van der Waals surface area contributed by atoms with Gasteiger partial charge in [-0.2, -0.15) is 120 Å². The van der Waals surface area contributed by atoms with Crippen molar-refractivity contribution in [2.24, 2.45) is 0 Å². The Morgan fingerprint density at radius 1 is 0.413 bits per heavy atom. The molecule has 0 aromatic rings. The van der Waals surface area contributed by atoms with E-state index in [1.807, 2.05) is 9.47 Å². The fraction of sp³-hybridized carbons (Fsp3) is 1.00. The molecule has 0 saturated heterocycles. The number of hydrogen-bond donors (Lipinski definition) is 2. The van der Waals surface area contributed by atoms with Crippen LogP contribution in [0.2, 0.25) is 0 Å². The molecule has 0 fully saturated rings. The third-order valence-corrected chi connectivity index (χ3v) is 7.98. The van der Waals surface area contributed by atoms with E-state index in [9.17, 15) is 107 Å². The van der Waals surface area contributed by atoms with Crippen molar-refractivity contribution in [3.05, 3.63) is 0 Å². The molecule has 0 aliphatic carbocycles. The lowest BCUT2D eigenvalue weighted by molar-refractivity contribution is -0.503. The van der Waals surface area contributed by atoms with Gasteiger partial charge in [0.05, 0.1) is 13.2 Å². The average Bonchev–Trinajstić information content (AvgIpc) is 2.81. The van der Waals surface area contributed by atoms with Crippen molar-refractivity contribution in [3.63, 3.8) is 0 Å². The Labute approximate surface area is 249 Å². The lowest BCUT2D eigenvalue weighted by Crippen LogP contribution is -2.61. The third kappa shape index (κ3) is 10.0. The molecular weight excluding hydrogens is 762 g/mol. The van der Waals surface area contributed by atoms with Crippen molar-refractivity contribution < 1.29 is 116 Å². The minimum atomic E-state index is -7.36. The molecule has 2 N–H and O–H groups in total. The molecule has 0 aromatic heterocycles. The number of aliphatic hydroxyl groups excluding tert-OH is 2. The molecule has 0 aromatic carbocycles. The molecule has 278 valence electrons. The Kier molecular flexibility index (Phi) is 14.1. The summed E-state index contributed by atoms with van der Waals surface area (Å²) < 4.78 is 289. The Morgan fingerprint density at radius 3 is 0.804 bits per heavy atom. The summed E-state index contributed by atoms with van der Waals surface area (Å²) in [6, 6.07) is 0. The van der Waals surface area contributed by atoms with Gasteiger partial charge in [0, 0.05) is 23.3 Å². The number of ether oxygens (including phenoxy) is 2. The number of aliphatic hydroxyl groups is 2. The smallest absolute Gasteiger partial charge is 0.395 e. The Balaban J connectivity index is 5.57. The lowest BCUT2D eigenvalue weighted by atomic mass is 10.2. The second-order valence-corrected chi connectivity index (χ2v) is 11.2. The van der Waals surface area contributed by atoms with Crippen LogP contribution in [0.4, 0.5) is 96.6 Å². The van der Waals surface area contributed by atoms with Crippen LogP contribution in [-0.2, 0) is 9.47 Å². The van der Waals surface area contributed by atoms with Crippen LogP contribution < -0.4 is 0 Å². The molecule has 0 rings (SSSR count). The molecule has 46 heavy (non-hydrogen) atoms. The number of alkyl halides is 22. The monoisotopic (exact) mass is 778 g/mol. The van der Waals surface area contributed by atoms with Gasteiger partial charge in [-0.15, -0.1) is 0 Å². The van der Waals surface area contributed by atoms with E-state index in [1.165, 1.54) is 0 Å². The molecule has 0 radical (unpaired) electrons. The van der Waals surface area contributed by atoms with E-state index in [-0.39, 0.29) is 23.5 Å². The van der Waals surface area contributed by atoms with Crippen LogP contribution in [-0.4, -0.2) is 106 Å². The van der Waals surface area contributed by atoms with Gasteiger partial charge in [-0.05, 0) is 11.5 Å². The van der Waals surface area contributed by atoms with Crippen LogP contribution in [0.5, 0.6) is 0 Å². The number of rotatable bonds is 17. The first kappa shape index (κ1) is 45.0. The Morgan fingerprint density at radius 2 is 0.630 bits per heavy atom. The second kappa shape index (κ2) is 14.5. The first-order valence-corrected chi connectivity index (χ1v) is 13.1. The summed E-state index contributed by atoms with van der Waals surface area (Å²) in [6.45, 7) is -2.73. The molecule has 2 atom stereocenters. The number of thioether (sulfide) groups is 2. The highest BCUT2D eigenvalue weighted by Crippen LogP contribution is 2.54. The highest BCUT2D eigenvalue weighted by atomic mass is 32.2. The van der Waals surface area contributed by atoms with E-state index in [4.69, 9.17) is 0 Å². The molecule has 0 saturated carbocycles. The largest absolute Gasteiger partial charge is 0.458 e. The summed E-state index contributed by atoms with van der Waals surface area (Å²) in [7, 11) is 0. The summed E-state index contributed by atoms with van der Waals surface area (Å²) >= 11 is -0.390. The van der Waals surface area contributed by atoms with Gasteiger partial charge >= 0.3 is 60.5 Å². The van der Waals surface area contributed by atoms with Gasteiger partial charge in [-0.25, -0.2) is 0 Å². The van der Waals surface area contributed by atoms with Gasteiger partial charge in [0.1, 0.15) is 0 Å². The Bertz CT molecular complexity index is 859. The van der Waals surface area contributed by atoms with E-state index in [0.29, 0.717) is 0 Å². The van der Waals surface area contributed by atoms with Crippen LogP contribution >= 0.6 is 23.5 Å². The summed E-state index contributed by atoms with van der Waals surface area (Å²) in [5.74, 6) is -29.8. The van der Waals surface area contributed by atoms with E-state index in [0.717, 1.165) is 0 Å². The molecule has 0 amide bonds. The van der Waals surface area contributed by atoms with E-state index in [2.05, 4.69) is 0 Å². The predicted molar refractivity (Wildman–Crippen MR) is 110 cm³/mol. The van der Waals surface area contributed by atoms with Crippen LogP contribution in [0.3, 0.4) is 0 Å². The molecular formula is C18H16F22O4S2. The molecule has 0 bridgehead atoms. The number of halogens is 22. The summed E-state index contributed by atoms with van der Waals surface area (Å²) in [5.41, 5.74) is 0. The quantitative estimate of drug-likeness (QED) is 0.146. The minimum Gasteiger partial charge on any atom is -0.395 e. The zero-order chi connectivity index (χ0) is 37.2. The first-order chi connectivity index (χ1) is 20.0. The molecule has 0 aliphatic heterocycles. The summed E-state index contributed by atoms with van der Waals surface area (Å²) in [4.78, 5) is 0. The maximum Gasteiger partial charge on any atom is 0.458 e. The van der Waals surface area contributed by atoms with Crippen LogP contribution in [0.25, 0.3) is 0 Å². The number of hydrogen-bond acceptors (Lipinski definition) is 6. The van der Waals surface area contributed by atoms with Gasteiger partial charge in [0.2, 0.25) is 0 Å². The van der Waals surface area contributed by atoms with Crippen molar-refractivity contribution in [1.82, 2.24) is 0 Å². The fourth-order valence-corrected chi connectivity index (χ4v) is 5.22.